The minimum Gasteiger partial charge on any atom is -0.341 e. The Morgan fingerprint density at radius 1 is 1.17 bits per heavy atom. The fourth-order valence-electron chi connectivity index (χ4n) is 3.75. The van der Waals surface area contributed by atoms with E-state index in [2.05, 4.69) is 6.92 Å². The lowest BCUT2D eigenvalue weighted by molar-refractivity contribution is -0.149. The van der Waals surface area contributed by atoms with Gasteiger partial charge < -0.3 is 9.80 Å². The Balaban J connectivity index is 1.95. The Hall–Kier alpha value is -1.84. The highest BCUT2D eigenvalue weighted by Crippen LogP contribution is 2.34. The zero-order valence-electron chi connectivity index (χ0n) is 14.3. The van der Waals surface area contributed by atoms with E-state index in [0.29, 0.717) is 12.3 Å². The second-order valence-electron chi connectivity index (χ2n) is 7.18. The van der Waals surface area contributed by atoms with Gasteiger partial charge in [0, 0.05) is 19.1 Å². The molecule has 0 bridgehead atoms. The van der Waals surface area contributed by atoms with Gasteiger partial charge in [0.15, 0.2) is 0 Å². The molecule has 1 aromatic rings. The molecule has 0 aliphatic carbocycles. The molecule has 0 radical (unpaired) electrons. The fraction of sp³-hybridized carbons (Fsp3) is 0.579. The van der Waals surface area contributed by atoms with Gasteiger partial charge in [0.1, 0.15) is 6.04 Å². The first-order valence-electron chi connectivity index (χ1n) is 8.66. The van der Waals surface area contributed by atoms with Crippen molar-refractivity contribution in [2.75, 3.05) is 13.1 Å². The van der Waals surface area contributed by atoms with Crippen molar-refractivity contribution in [2.45, 2.75) is 52.1 Å². The molecule has 1 saturated heterocycles. The Bertz CT molecular complexity index is 603. The van der Waals surface area contributed by atoms with Crippen molar-refractivity contribution in [3.8, 4) is 0 Å². The van der Waals surface area contributed by atoms with Gasteiger partial charge in [-0.3, -0.25) is 9.59 Å². The van der Waals surface area contributed by atoms with Gasteiger partial charge in [-0.2, -0.15) is 0 Å². The number of carbonyl (C=O) groups excluding carboxylic acids is 2. The number of likely N-dealkylation sites (tertiary alicyclic amines) is 1. The number of hydrogen-bond acceptors (Lipinski definition) is 2. The number of hydrogen-bond donors (Lipinski definition) is 0. The van der Waals surface area contributed by atoms with Crippen LogP contribution in [0.2, 0.25) is 0 Å². The summed E-state index contributed by atoms with van der Waals surface area (Å²) in [4.78, 5) is 29.6. The molecule has 1 fully saturated rings. The van der Waals surface area contributed by atoms with Crippen molar-refractivity contribution in [2.24, 2.45) is 5.92 Å². The standard InChI is InChI=1S/C19H26N2O2/c1-13(2)21-17(22)12-15-6-4-5-7-16(15)18(21)19(23)20-10-8-14(3)9-11-20/h4-7,13-14,18H,8-12H2,1-3H3/t18-/m0/s1. The summed E-state index contributed by atoms with van der Waals surface area (Å²) in [5, 5.41) is 0. The van der Waals surface area contributed by atoms with Crippen LogP contribution in [0.3, 0.4) is 0 Å². The van der Waals surface area contributed by atoms with Crippen LogP contribution in [0, 0.1) is 5.92 Å². The number of amides is 2. The van der Waals surface area contributed by atoms with Crippen molar-refractivity contribution in [1.82, 2.24) is 9.80 Å². The minimum absolute atomic E-state index is 0.0218. The normalized spacial score (nSPS) is 22.4. The van der Waals surface area contributed by atoms with Crippen LogP contribution in [-0.2, 0) is 16.0 Å². The summed E-state index contributed by atoms with van der Waals surface area (Å²) in [5.41, 5.74) is 2.00. The molecule has 2 aliphatic rings. The summed E-state index contributed by atoms with van der Waals surface area (Å²) in [6, 6.07) is 7.46. The molecule has 1 atom stereocenters. The predicted molar refractivity (Wildman–Crippen MR) is 89.8 cm³/mol. The van der Waals surface area contributed by atoms with Crippen LogP contribution in [0.15, 0.2) is 24.3 Å². The summed E-state index contributed by atoms with van der Waals surface area (Å²) >= 11 is 0. The van der Waals surface area contributed by atoms with Crippen LogP contribution in [0.5, 0.6) is 0 Å². The lowest BCUT2D eigenvalue weighted by atomic mass is 9.89. The monoisotopic (exact) mass is 314 g/mol. The third kappa shape index (κ3) is 2.99. The molecule has 2 aliphatic heterocycles. The molecule has 124 valence electrons. The van der Waals surface area contributed by atoms with Crippen molar-refractivity contribution in [3.05, 3.63) is 35.4 Å². The van der Waals surface area contributed by atoms with Crippen LogP contribution in [0.1, 0.15) is 50.8 Å². The lowest BCUT2D eigenvalue weighted by Crippen LogP contribution is -2.52. The van der Waals surface area contributed by atoms with Gasteiger partial charge in [0.25, 0.3) is 0 Å². The van der Waals surface area contributed by atoms with E-state index in [1.54, 1.807) is 4.90 Å². The van der Waals surface area contributed by atoms with Gasteiger partial charge in [-0.05, 0) is 43.7 Å². The smallest absolute Gasteiger partial charge is 0.250 e. The van der Waals surface area contributed by atoms with Crippen molar-refractivity contribution >= 4 is 11.8 Å². The number of benzene rings is 1. The van der Waals surface area contributed by atoms with Crippen LogP contribution in [0.25, 0.3) is 0 Å². The Labute approximate surface area is 138 Å². The molecule has 0 unspecified atom stereocenters. The van der Waals surface area contributed by atoms with E-state index in [1.165, 1.54) is 0 Å². The first-order valence-corrected chi connectivity index (χ1v) is 8.66. The van der Waals surface area contributed by atoms with E-state index in [1.807, 2.05) is 43.0 Å². The Morgan fingerprint density at radius 2 is 1.83 bits per heavy atom. The van der Waals surface area contributed by atoms with Gasteiger partial charge in [-0.25, -0.2) is 0 Å². The first kappa shape index (κ1) is 16.0. The Morgan fingerprint density at radius 3 is 2.48 bits per heavy atom. The quantitative estimate of drug-likeness (QED) is 0.842. The largest absolute Gasteiger partial charge is 0.341 e. The van der Waals surface area contributed by atoms with Crippen LogP contribution in [0.4, 0.5) is 0 Å². The van der Waals surface area contributed by atoms with Gasteiger partial charge in [-0.15, -0.1) is 0 Å². The Kier molecular flexibility index (Phi) is 4.42. The maximum Gasteiger partial charge on any atom is 0.250 e. The minimum atomic E-state index is -0.458. The van der Waals surface area contributed by atoms with E-state index in [4.69, 9.17) is 0 Å². The van der Waals surface area contributed by atoms with Crippen molar-refractivity contribution in [3.63, 3.8) is 0 Å². The first-order chi connectivity index (χ1) is 11.0. The molecular weight excluding hydrogens is 288 g/mol. The molecule has 0 saturated carbocycles. The van der Waals surface area contributed by atoms with Gasteiger partial charge in [-0.1, -0.05) is 31.2 Å². The molecule has 4 heteroatoms. The van der Waals surface area contributed by atoms with Crippen LogP contribution >= 0.6 is 0 Å². The number of nitrogens with zero attached hydrogens (tertiary/aromatic N) is 2. The third-order valence-electron chi connectivity index (χ3n) is 5.14. The average molecular weight is 314 g/mol. The van der Waals surface area contributed by atoms with E-state index in [9.17, 15) is 9.59 Å². The highest BCUT2D eigenvalue weighted by Gasteiger charge is 2.40. The predicted octanol–water partition coefficient (Wildman–Crippen LogP) is 2.78. The van der Waals surface area contributed by atoms with Crippen LogP contribution < -0.4 is 0 Å². The van der Waals surface area contributed by atoms with E-state index in [-0.39, 0.29) is 17.9 Å². The van der Waals surface area contributed by atoms with E-state index in [0.717, 1.165) is 37.1 Å². The zero-order valence-corrected chi connectivity index (χ0v) is 14.3. The molecule has 2 amide bonds. The second kappa shape index (κ2) is 6.34. The average Bonchev–Trinajstić information content (AvgIpc) is 2.53. The molecular formula is C19H26N2O2. The molecule has 0 N–H and O–H groups in total. The highest BCUT2D eigenvalue weighted by atomic mass is 16.2. The summed E-state index contributed by atoms with van der Waals surface area (Å²) in [7, 11) is 0. The molecule has 0 aromatic heterocycles. The summed E-state index contributed by atoms with van der Waals surface area (Å²) in [5.74, 6) is 0.828. The van der Waals surface area contributed by atoms with Crippen LogP contribution in [-0.4, -0.2) is 40.7 Å². The van der Waals surface area contributed by atoms with E-state index < -0.39 is 6.04 Å². The number of carbonyl (C=O) groups is 2. The maximum atomic E-state index is 13.2. The lowest BCUT2D eigenvalue weighted by Gasteiger charge is -2.42. The summed E-state index contributed by atoms with van der Waals surface area (Å²) in [6.45, 7) is 7.83. The number of rotatable bonds is 2. The molecule has 23 heavy (non-hydrogen) atoms. The second-order valence-corrected chi connectivity index (χ2v) is 7.18. The molecule has 4 nitrogen and oxygen atoms in total. The third-order valence-corrected chi connectivity index (χ3v) is 5.14. The highest BCUT2D eigenvalue weighted by molar-refractivity contribution is 5.92. The SMILES string of the molecule is CC1CCN(C(=O)[C@@H]2c3ccccc3CC(=O)N2C(C)C)CC1. The van der Waals surface area contributed by atoms with Crippen molar-refractivity contribution < 1.29 is 9.59 Å². The molecule has 1 aromatic carbocycles. The zero-order chi connectivity index (χ0) is 16.6. The summed E-state index contributed by atoms with van der Waals surface area (Å²) < 4.78 is 0. The summed E-state index contributed by atoms with van der Waals surface area (Å²) in [6.07, 6.45) is 2.50. The number of fused-ring (bicyclic) bond motifs is 1. The molecule has 0 spiro atoms. The van der Waals surface area contributed by atoms with Gasteiger partial charge in [0.2, 0.25) is 11.8 Å². The van der Waals surface area contributed by atoms with Gasteiger partial charge in [0.05, 0.1) is 6.42 Å². The topological polar surface area (TPSA) is 40.6 Å². The molecule has 2 heterocycles. The fourth-order valence-corrected chi connectivity index (χ4v) is 3.75. The van der Waals surface area contributed by atoms with Crippen molar-refractivity contribution in [1.29, 1.82) is 0 Å². The molecule has 3 rings (SSSR count). The maximum absolute atomic E-state index is 13.2. The number of piperidine rings is 1. The van der Waals surface area contributed by atoms with Gasteiger partial charge >= 0.3 is 0 Å². The van der Waals surface area contributed by atoms with E-state index >= 15 is 0 Å².